The smallest absolute Gasteiger partial charge is 0.326 e. The van der Waals surface area contributed by atoms with E-state index in [4.69, 9.17) is 21.7 Å². The van der Waals surface area contributed by atoms with Gasteiger partial charge in [0.1, 0.15) is 12.1 Å². The Balaban J connectivity index is 2.74. The van der Waals surface area contributed by atoms with Crippen LogP contribution in [-0.2, 0) is 35.2 Å². The predicted molar refractivity (Wildman–Crippen MR) is 101 cm³/mol. The van der Waals surface area contributed by atoms with Crippen LogP contribution in [0.15, 0.2) is 12.5 Å². The molecule has 0 saturated heterocycles. The largest absolute Gasteiger partial charge is 0.481 e. The van der Waals surface area contributed by atoms with E-state index in [1.807, 2.05) is 5.32 Å². The average molecular weight is 441 g/mol. The third-order valence-corrected chi connectivity index (χ3v) is 3.80. The van der Waals surface area contributed by atoms with Crippen LogP contribution in [0, 0.1) is 0 Å². The number of nitrogens with two attached hydrogens (primary N) is 2. The number of imidazole rings is 1. The highest BCUT2D eigenvalue weighted by Gasteiger charge is 2.27. The number of carbonyl (C=O) groups excluding carboxylic acids is 4. The van der Waals surface area contributed by atoms with Crippen LogP contribution in [-0.4, -0.2) is 80.4 Å². The molecule has 0 aliphatic heterocycles. The van der Waals surface area contributed by atoms with Crippen molar-refractivity contribution in [2.45, 2.75) is 37.4 Å². The Hall–Kier alpha value is -4.01. The fraction of sp³-hybridized carbons (Fsp3) is 0.438. The van der Waals surface area contributed by atoms with Gasteiger partial charge in [0.2, 0.25) is 23.6 Å². The number of aliphatic carboxylic acids is 2. The fourth-order valence-electron chi connectivity index (χ4n) is 2.32. The number of carbonyl (C=O) groups is 6. The molecule has 4 amide bonds. The fourth-order valence-corrected chi connectivity index (χ4v) is 2.32. The van der Waals surface area contributed by atoms with Gasteiger partial charge in [0.25, 0.3) is 0 Å². The predicted octanol–water partition coefficient (Wildman–Crippen LogP) is -4.20. The molecule has 0 aliphatic carbocycles. The summed E-state index contributed by atoms with van der Waals surface area (Å²) in [6.45, 7) is -0.690. The summed E-state index contributed by atoms with van der Waals surface area (Å²) in [6, 6.07) is -4.21. The molecule has 1 aromatic rings. The number of rotatable bonds is 13. The first kappa shape index (κ1) is 25.0. The first-order valence-electron chi connectivity index (χ1n) is 8.82. The number of carboxylic acids is 2. The van der Waals surface area contributed by atoms with Crippen molar-refractivity contribution in [2.75, 3.05) is 6.54 Å². The van der Waals surface area contributed by atoms with Gasteiger partial charge in [-0.3, -0.25) is 24.0 Å². The minimum Gasteiger partial charge on any atom is -0.481 e. The van der Waals surface area contributed by atoms with E-state index in [-0.39, 0.29) is 6.42 Å². The first-order chi connectivity index (χ1) is 14.5. The van der Waals surface area contributed by atoms with Crippen LogP contribution in [0.3, 0.4) is 0 Å². The van der Waals surface area contributed by atoms with Gasteiger partial charge in [-0.25, -0.2) is 9.78 Å². The van der Waals surface area contributed by atoms with Gasteiger partial charge < -0.3 is 42.6 Å². The molecule has 10 N–H and O–H groups in total. The summed E-state index contributed by atoms with van der Waals surface area (Å²) in [7, 11) is 0. The Morgan fingerprint density at radius 1 is 1.03 bits per heavy atom. The molecule has 0 aromatic carbocycles. The van der Waals surface area contributed by atoms with Gasteiger partial charge in [0.05, 0.1) is 31.8 Å². The number of aromatic nitrogens is 2. The van der Waals surface area contributed by atoms with Crippen LogP contribution < -0.4 is 27.4 Å². The van der Waals surface area contributed by atoms with Crippen LogP contribution in [0.1, 0.15) is 18.5 Å². The molecule has 15 nitrogen and oxygen atoms in total. The average Bonchev–Trinajstić information content (AvgIpc) is 3.17. The Morgan fingerprint density at radius 2 is 1.71 bits per heavy atom. The second-order valence-corrected chi connectivity index (χ2v) is 6.39. The molecule has 0 fully saturated rings. The van der Waals surface area contributed by atoms with Gasteiger partial charge in [0, 0.05) is 18.3 Å². The lowest BCUT2D eigenvalue weighted by Crippen LogP contribution is -2.54. The minimum absolute atomic E-state index is 0.0702. The zero-order chi connectivity index (χ0) is 23.6. The van der Waals surface area contributed by atoms with Crippen molar-refractivity contribution >= 4 is 35.6 Å². The third kappa shape index (κ3) is 9.35. The molecule has 31 heavy (non-hydrogen) atoms. The van der Waals surface area contributed by atoms with E-state index in [9.17, 15) is 28.8 Å². The van der Waals surface area contributed by atoms with Crippen molar-refractivity contribution in [2.24, 2.45) is 11.5 Å². The summed E-state index contributed by atoms with van der Waals surface area (Å²) in [6.07, 6.45) is 1.36. The summed E-state index contributed by atoms with van der Waals surface area (Å²) < 4.78 is 0. The molecule has 1 aromatic heterocycles. The summed E-state index contributed by atoms with van der Waals surface area (Å²) in [4.78, 5) is 75.6. The maximum atomic E-state index is 12.5. The Morgan fingerprint density at radius 3 is 2.23 bits per heavy atom. The van der Waals surface area contributed by atoms with Gasteiger partial charge in [-0.1, -0.05) is 0 Å². The summed E-state index contributed by atoms with van der Waals surface area (Å²) >= 11 is 0. The lowest BCUT2D eigenvalue weighted by atomic mass is 10.1. The number of primary amides is 1. The van der Waals surface area contributed by atoms with Crippen LogP contribution in [0.5, 0.6) is 0 Å². The first-order valence-corrected chi connectivity index (χ1v) is 8.82. The summed E-state index contributed by atoms with van der Waals surface area (Å²) in [5.41, 5.74) is 11.0. The Kier molecular flexibility index (Phi) is 9.58. The molecule has 0 aliphatic rings. The van der Waals surface area contributed by atoms with Gasteiger partial charge in [-0.05, 0) is 0 Å². The zero-order valence-electron chi connectivity index (χ0n) is 16.2. The number of hydrogen-bond acceptors (Lipinski definition) is 8. The number of aromatic amines is 1. The maximum Gasteiger partial charge on any atom is 0.326 e. The van der Waals surface area contributed by atoms with E-state index in [2.05, 4.69) is 20.6 Å². The SMILES string of the molecule is NC(=O)CC(N)C(=O)NC(Cc1cnc[nH]1)C(=O)NCC(=O)NC(CC(=O)O)C(=O)O. The van der Waals surface area contributed by atoms with Crippen LogP contribution in [0.25, 0.3) is 0 Å². The van der Waals surface area contributed by atoms with Crippen molar-refractivity contribution in [3.05, 3.63) is 18.2 Å². The maximum absolute atomic E-state index is 12.5. The second kappa shape index (κ2) is 11.9. The molecule has 0 spiro atoms. The number of amides is 4. The van der Waals surface area contributed by atoms with Crippen molar-refractivity contribution in [3.8, 4) is 0 Å². The molecule has 1 rings (SSSR count). The molecule has 15 heteroatoms. The highest BCUT2D eigenvalue weighted by atomic mass is 16.4. The highest BCUT2D eigenvalue weighted by molar-refractivity contribution is 5.94. The number of nitrogens with zero attached hydrogens (tertiary/aromatic N) is 1. The van der Waals surface area contributed by atoms with Crippen molar-refractivity contribution in [3.63, 3.8) is 0 Å². The van der Waals surface area contributed by atoms with Gasteiger partial charge in [-0.2, -0.15) is 0 Å². The van der Waals surface area contributed by atoms with E-state index in [1.54, 1.807) is 0 Å². The van der Waals surface area contributed by atoms with Crippen molar-refractivity contribution in [1.29, 1.82) is 0 Å². The molecule has 0 saturated carbocycles. The van der Waals surface area contributed by atoms with E-state index >= 15 is 0 Å². The molecular formula is C16H23N7O8. The summed E-state index contributed by atoms with van der Waals surface area (Å²) in [5.74, 6) is -6.44. The number of nitrogens with one attached hydrogen (secondary N) is 4. The quantitative estimate of drug-likeness (QED) is 0.146. The van der Waals surface area contributed by atoms with E-state index < -0.39 is 73.1 Å². The van der Waals surface area contributed by atoms with Gasteiger partial charge in [0.15, 0.2) is 0 Å². The molecule has 1 heterocycles. The molecule has 170 valence electrons. The Bertz CT molecular complexity index is 826. The zero-order valence-corrected chi connectivity index (χ0v) is 16.2. The van der Waals surface area contributed by atoms with E-state index in [1.165, 1.54) is 12.5 Å². The molecule has 3 unspecified atom stereocenters. The summed E-state index contributed by atoms with van der Waals surface area (Å²) in [5, 5.41) is 24.1. The van der Waals surface area contributed by atoms with Crippen LogP contribution >= 0.6 is 0 Å². The lowest BCUT2D eigenvalue weighted by Gasteiger charge is -2.20. The van der Waals surface area contributed by atoms with Gasteiger partial charge >= 0.3 is 11.9 Å². The van der Waals surface area contributed by atoms with Crippen LogP contribution in [0.2, 0.25) is 0 Å². The minimum atomic E-state index is -1.69. The van der Waals surface area contributed by atoms with E-state index in [0.717, 1.165) is 0 Å². The Labute approximate surface area is 174 Å². The van der Waals surface area contributed by atoms with Crippen LogP contribution in [0.4, 0.5) is 0 Å². The van der Waals surface area contributed by atoms with Crippen molar-refractivity contribution in [1.82, 2.24) is 25.9 Å². The second-order valence-electron chi connectivity index (χ2n) is 6.39. The van der Waals surface area contributed by atoms with Crippen molar-refractivity contribution < 1.29 is 39.0 Å². The third-order valence-electron chi connectivity index (χ3n) is 3.80. The monoisotopic (exact) mass is 441 g/mol. The van der Waals surface area contributed by atoms with Gasteiger partial charge in [-0.15, -0.1) is 0 Å². The highest BCUT2D eigenvalue weighted by Crippen LogP contribution is 2.01. The normalized spacial score (nSPS) is 13.3. The molecule has 3 atom stereocenters. The number of H-pyrrole nitrogens is 1. The topological polar surface area (TPSA) is 260 Å². The number of hydrogen-bond donors (Lipinski definition) is 8. The molecular weight excluding hydrogens is 418 g/mol. The molecule has 0 radical (unpaired) electrons. The number of carboxylic acid groups (broad SMARTS) is 2. The van der Waals surface area contributed by atoms with E-state index in [0.29, 0.717) is 5.69 Å². The standard InChI is InChI=1S/C16H23N7O8/c17-8(2-11(18)24)14(28)23-9(1-7-4-19-6-21-7)15(29)20-5-12(25)22-10(16(30)31)3-13(26)27/h4,6,8-10H,1-3,5,17H2,(H2,18,24)(H,19,21)(H,20,29)(H,22,25)(H,23,28)(H,26,27)(H,30,31). The lowest BCUT2D eigenvalue weighted by molar-refractivity contribution is -0.147. The molecule has 0 bridgehead atoms.